The van der Waals surface area contributed by atoms with E-state index in [4.69, 9.17) is 0 Å². The van der Waals surface area contributed by atoms with Gasteiger partial charge in [-0.1, -0.05) is 23.4 Å². The fourth-order valence-electron chi connectivity index (χ4n) is 3.86. The molecule has 0 unspecified atom stereocenters. The first-order chi connectivity index (χ1) is 12.7. The molecule has 0 spiro atoms. The number of nitrogens with one attached hydrogen (secondary N) is 1. The first-order valence-corrected chi connectivity index (χ1v) is 8.95. The van der Waals surface area contributed by atoms with E-state index in [1.54, 1.807) is 0 Å². The van der Waals surface area contributed by atoms with E-state index in [1.165, 1.54) is 16.6 Å². The molecule has 6 nitrogen and oxygen atoms in total. The molecule has 26 heavy (non-hydrogen) atoms. The molecule has 0 saturated heterocycles. The van der Waals surface area contributed by atoms with Crippen molar-refractivity contribution >= 4 is 27.8 Å². The molecule has 1 N–H and O–H groups in total. The molecule has 0 bridgehead atoms. The van der Waals surface area contributed by atoms with Crippen LogP contribution in [0, 0.1) is 0 Å². The van der Waals surface area contributed by atoms with Crippen molar-refractivity contribution in [2.75, 3.05) is 6.54 Å². The highest BCUT2D eigenvalue weighted by atomic mass is 16.2. The fraction of sp³-hybridized carbons (Fsp3) is 0.250. The van der Waals surface area contributed by atoms with Gasteiger partial charge in [-0.25, -0.2) is 4.68 Å². The minimum Gasteiger partial charge on any atom is -0.358 e. The predicted octanol–water partition coefficient (Wildman–Crippen LogP) is 3.13. The van der Waals surface area contributed by atoms with Crippen LogP contribution in [0.1, 0.15) is 28.5 Å². The zero-order valence-corrected chi connectivity index (χ0v) is 14.6. The average Bonchev–Trinajstić information content (AvgIpc) is 3.27. The van der Waals surface area contributed by atoms with Crippen molar-refractivity contribution in [2.24, 2.45) is 0 Å². The Balaban J connectivity index is 1.48. The third-order valence-electron chi connectivity index (χ3n) is 5.23. The molecule has 4 aromatic rings. The van der Waals surface area contributed by atoms with E-state index in [-0.39, 0.29) is 5.91 Å². The Bertz CT molecular complexity index is 1140. The van der Waals surface area contributed by atoms with Crippen LogP contribution in [0.5, 0.6) is 0 Å². The Morgan fingerprint density at radius 2 is 2.12 bits per heavy atom. The minimum absolute atomic E-state index is 0.0499. The van der Waals surface area contributed by atoms with Crippen molar-refractivity contribution in [3.05, 3.63) is 59.3 Å². The molecule has 0 atom stereocenters. The highest BCUT2D eigenvalue weighted by Crippen LogP contribution is 2.28. The number of aryl methyl sites for hydroxylation is 1. The molecule has 5 rings (SSSR count). The SMILES string of the molecule is CCn1nnc2cc(C(=O)N3CCc4[nH]c5ccccc5c4C3)ccc21. The van der Waals surface area contributed by atoms with E-state index in [2.05, 4.69) is 27.4 Å². The number of amides is 1. The van der Waals surface area contributed by atoms with Crippen LogP contribution in [0.3, 0.4) is 0 Å². The molecule has 2 aromatic heterocycles. The summed E-state index contributed by atoms with van der Waals surface area (Å²) in [6.07, 6.45) is 0.851. The third-order valence-corrected chi connectivity index (χ3v) is 5.23. The van der Waals surface area contributed by atoms with Crippen molar-refractivity contribution in [1.29, 1.82) is 0 Å². The molecule has 6 heteroatoms. The minimum atomic E-state index is 0.0499. The first kappa shape index (κ1) is 15.1. The lowest BCUT2D eigenvalue weighted by atomic mass is 10.0. The summed E-state index contributed by atoms with van der Waals surface area (Å²) in [5, 5.41) is 9.51. The van der Waals surface area contributed by atoms with Crippen LogP contribution in [-0.4, -0.2) is 37.3 Å². The number of H-pyrrole nitrogens is 1. The Morgan fingerprint density at radius 3 is 3.00 bits per heavy atom. The summed E-state index contributed by atoms with van der Waals surface area (Å²) in [7, 11) is 0. The van der Waals surface area contributed by atoms with Gasteiger partial charge in [-0.15, -0.1) is 5.10 Å². The number of hydrogen-bond donors (Lipinski definition) is 1. The summed E-state index contributed by atoms with van der Waals surface area (Å²) in [6, 6.07) is 14.0. The van der Waals surface area contributed by atoms with Gasteiger partial charge in [0.25, 0.3) is 5.91 Å². The summed E-state index contributed by atoms with van der Waals surface area (Å²) < 4.78 is 1.84. The average molecular weight is 345 g/mol. The van der Waals surface area contributed by atoms with Crippen LogP contribution in [-0.2, 0) is 19.5 Å². The van der Waals surface area contributed by atoms with Crippen molar-refractivity contribution in [3.8, 4) is 0 Å². The smallest absolute Gasteiger partial charge is 0.254 e. The van der Waals surface area contributed by atoms with Crippen LogP contribution in [0.2, 0.25) is 0 Å². The number of rotatable bonds is 2. The van der Waals surface area contributed by atoms with E-state index >= 15 is 0 Å². The number of para-hydroxylation sites is 1. The number of aromatic nitrogens is 4. The first-order valence-electron chi connectivity index (χ1n) is 8.95. The van der Waals surface area contributed by atoms with Gasteiger partial charge in [0.1, 0.15) is 5.52 Å². The lowest BCUT2D eigenvalue weighted by Gasteiger charge is -2.27. The maximum Gasteiger partial charge on any atom is 0.254 e. The normalized spacial score (nSPS) is 14.1. The fourth-order valence-corrected chi connectivity index (χ4v) is 3.86. The van der Waals surface area contributed by atoms with Gasteiger partial charge in [0.2, 0.25) is 0 Å². The lowest BCUT2D eigenvalue weighted by molar-refractivity contribution is 0.0735. The van der Waals surface area contributed by atoms with Crippen molar-refractivity contribution in [3.63, 3.8) is 0 Å². The van der Waals surface area contributed by atoms with Gasteiger partial charge in [-0.3, -0.25) is 4.79 Å². The molecule has 0 radical (unpaired) electrons. The zero-order chi connectivity index (χ0) is 17.7. The van der Waals surface area contributed by atoms with Gasteiger partial charge < -0.3 is 9.88 Å². The molecule has 1 aliphatic rings. The third kappa shape index (κ3) is 2.22. The summed E-state index contributed by atoms with van der Waals surface area (Å²) in [5.74, 6) is 0.0499. The Hall–Kier alpha value is -3.15. The Morgan fingerprint density at radius 1 is 1.23 bits per heavy atom. The van der Waals surface area contributed by atoms with Crippen molar-refractivity contribution < 1.29 is 4.79 Å². The van der Waals surface area contributed by atoms with E-state index in [0.717, 1.165) is 36.1 Å². The van der Waals surface area contributed by atoms with Gasteiger partial charge >= 0.3 is 0 Å². The molecule has 0 saturated carbocycles. The Kier molecular flexibility index (Phi) is 3.31. The lowest BCUT2D eigenvalue weighted by Crippen LogP contribution is -2.35. The number of benzene rings is 2. The number of carbonyl (C=O) groups is 1. The highest BCUT2D eigenvalue weighted by Gasteiger charge is 2.25. The van der Waals surface area contributed by atoms with Gasteiger partial charge in [0, 0.05) is 53.8 Å². The van der Waals surface area contributed by atoms with Crippen molar-refractivity contribution in [2.45, 2.75) is 26.4 Å². The number of aromatic amines is 1. The summed E-state index contributed by atoms with van der Waals surface area (Å²) in [6.45, 7) is 4.15. The van der Waals surface area contributed by atoms with Gasteiger partial charge in [0.15, 0.2) is 0 Å². The van der Waals surface area contributed by atoms with E-state index in [1.807, 2.05) is 46.8 Å². The summed E-state index contributed by atoms with van der Waals surface area (Å²) in [5.41, 5.74) is 6.02. The van der Waals surface area contributed by atoms with E-state index in [0.29, 0.717) is 12.1 Å². The van der Waals surface area contributed by atoms with Crippen LogP contribution >= 0.6 is 0 Å². The number of nitrogens with zero attached hydrogens (tertiary/aromatic N) is 4. The van der Waals surface area contributed by atoms with Gasteiger partial charge in [0.05, 0.1) is 5.52 Å². The zero-order valence-electron chi connectivity index (χ0n) is 14.6. The highest BCUT2D eigenvalue weighted by molar-refractivity contribution is 5.98. The largest absolute Gasteiger partial charge is 0.358 e. The molecule has 1 aliphatic heterocycles. The monoisotopic (exact) mass is 345 g/mol. The molecule has 130 valence electrons. The molecule has 3 heterocycles. The molecule has 2 aromatic carbocycles. The quantitative estimate of drug-likeness (QED) is 0.607. The molecule has 1 amide bonds. The van der Waals surface area contributed by atoms with Crippen molar-refractivity contribution in [1.82, 2.24) is 24.9 Å². The van der Waals surface area contributed by atoms with E-state index < -0.39 is 0 Å². The summed E-state index contributed by atoms with van der Waals surface area (Å²) in [4.78, 5) is 18.5. The van der Waals surface area contributed by atoms with Gasteiger partial charge in [-0.05, 0) is 31.2 Å². The van der Waals surface area contributed by atoms with E-state index in [9.17, 15) is 4.79 Å². The second-order valence-electron chi connectivity index (χ2n) is 6.71. The second-order valence-corrected chi connectivity index (χ2v) is 6.71. The molecular formula is C20H19N5O. The number of carbonyl (C=O) groups excluding carboxylic acids is 1. The number of hydrogen-bond acceptors (Lipinski definition) is 3. The maximum atomic E-state index is 13.0. The summed E-state index contributed by atoms with van der Waals surface area (Å²) >= 11 is 0. The standard InChI is InChI=1S/C20H19N5O/c1-2-25-19-8-7-13(11-18(19)22-23-25)20(26)24-10-9-17-15(12-24)14-5-3-4-6-16(14)21-17/h3-8,11,21H,2,9-10,12H2,1H3. The second kappa shape index (κ2) is 5.69. The van der Waals surface area contributed by atoms with Crippen LogP contribution in [0.4, 0.5) is 0 Å². The number of fused-ring (bicyclic) bond motifs is 4. The Labute approximate surface area is 150 Å². The molecular weight excluding hydrogens is 326 g/mol. The molecule has 0 aliphatic carbocycles. The maximum absolute atomic E-state index is 13.0. The van der Waals surface area contributed by atoms with Crippen LogP contribution < -0.4 is 0 Å². The topological polar surface area (TPSA) is 66.8 Å². The van der Waals surface area contributed by atoms with Gasteiger partial charge in [-0.2, -0.15) is 0 Å². The predicted molar refractivity (Wildman–Crippen MR) is 99.9 cm³/mol. The molecule has 0 fully saturated rings. The van der Waals surface area contributed by atoms with Crippen LogP contribution in [0.15, 0.2) is 42.5 Å². The van der Waals surface area contributed by atoms with Crippen LogP contribution in [0.25, 0.3) is 21.9 Å².